The van der Waals surface area contributed by atoms with Gasteiger partial charge in [-0.3, -0.25) is 9.69 Å². The van der Waals surface area contributed by atoms with Crippen molar-refractivity contribution in [1.82, 2.24) is 14.9 Å². The summed E-state index contributed by atoms with van der Waals surface area (Å²) in [7, 11) is 0. The van der Waals surface area contributed by atoms with Crippen molar-refractivity contribution >= 4 is 22.9 Å². The van der Waals surface area contributed by atoms with Gasteiger partial charge >= 0.3 is 0 Å². The Morgan fingerprint density at radius 3 is 2.72 bits per heavy atom. The predicted octanol–water partition coefficient (Wildman–Crippen LogP) is 4.20. The zero-order valence-corrected chi connectivity index (χ0v) is 18.9. The van der Waals surface area contributed by atoms with Crippen LogP contribution in [-0.2, 0) is 12.8 Å². The van der Waals surface area contributed by atoms with Crippen LogP contribution in [0.4, 0.5) is 10.1 Å². The van der Waals surface area contributed by atoms with Gasteiger partial charge < -0.3 is 9.88 Å². The molecule has 0 bridgehead atoms. The minimum Gasteiger partial charge on any atom is -0.368 e. The number of H-pyrrole nitrogens is 1. The Balaban J connectivity index is 1.15. The molecular weight excluding hydrogens is 427 g/mol. The van der Waals surface area contributed by atoms with Crippen LogP contribution in [0.15, 0.2) is 29.1 Å². The summed E-state index contributed by atoms with van der Waals surface area (Å²) in [5.41, 5.74) is 4.38. The fourth-order valence-corrected chi connectivity index (χ4v) is 6.00. The Morgan fingerprint density at radius 1 is 1.12 bits per heavy atom. The van der Waals surface area contributed by atoms with E-state index in [2.05, 4.69) is 20.9 Å². The molecule has 0 unspecified atom stereocenters. The van der Waals surface area contributed by atoms with Gasteiger partial charge in [0.25, 0.3) is 5.56 Å². The summed E-state index contributed by atoms with van der Waals surface area (Å²) in [6.45, 7) is 3.44. The highest BCUT2D eigenvalue weighted by molar-refractivity contribution is 6.33. The molecule has 1 spiro atoms. The molecule has 7 heteroatoms. The summed E-state index contributed by atoms with van der Waals surface area (Å²) in [5.74, 6) is 0.405. The average Bonchev–Trinajstić information content (AvgIpc) is 3.36. The number of aromatic nitrogens is 2. The van der Waals surface area contributed by atoms with Gasteiger partial charge in [-0.25, -0.2) is 9.37 Å². The molecule has 6 rings (SSSR count). The molecule has 1 saturated carbocycles. The van der Waals surface area contributed by atoms with E-state index in [-0.39, 0.29) is 16.4 Å². The number of aromatic amines is 1. The van der Waals surface area contributed by atoms with Gasteiger partial charge in [-0.15, -0.1) is 0 Å². The summed E-state index contributed by atoms with van der Waals surface area (Å²) in [6.07, 6.45) is 9.82. The Bertz CT molecular complexity index is 1150. The molecule has 1 aromatic carbocycles. The summed E-state index contributed by atoms with van der Waals surface area (Å²) >= 11 is 6.18. The van der Waals surface area contributed by atoms with Gasteiger partial charge in [0, 0.05) is 37.8 Å². The minimum absolute atomic E-state index is 0.0703. The van der Waals surface area contributed by atoms with Crippen LogP contribution in [0.5, 0.6) is 0 Å². The number of hydrogen-bond donors (Lipinski definition) is 1. The third kappa shape index (κ3) is 3.57. The van der Waals surface area contributed by atoms with Gasteiger partial charge in [0.1, 0.15) is 11.6 Å². The van der Waals surface area contributed by atoms with Crippen LogP contribution >= 0.6 is 11.6 Å². The molecule has 0 amide bonds. The number of fused-ring (bicyclic) bond motifs is 1. The molecule has 2 aromatic rings. The van der Waals surface area contributed by atoms with E-state index in [1.165, 1.54) is 25.3 Å². The number of halogens is 2. The normalized spacial score (nSPS) is 24.5. The van der Waals surface area contributed by atoms with Crippen LogP contribution in [-0.4, -0.2) is 47.1 Å². The molecule has 1 aromatic heterocycles. The molecule has 32 heavy (non-hydrogen) atoms. The van der Waals surface area contributed by atoms with E-state index >= 15 is 0 Å². The lowest BCUT2D eigenvalue weighted by molar-refractivity contribution is 0.214. The number of anilines is 1. The molecule has 168 valence electrons. The first-order valence-electron chi connectivity index (χ1n) is 11.8. The van der Waals surface area contributed by atoms with Gasteiger partial charge in [-0.2, -0.15) is 0 Å². The van der Waals surface area contributed by atoms with Gasteiger partial charge in [0.2, 0.25) is 0 Å². The van der Waals surface area contributed by atoms with E-state index in [1.54, 1.807) is 6.07 Å². The number of rotatable bonds is 3. The minimum atomic E-state index is -0.367. The van der Waals surface area contributed by atoms with Crippen LogP contribution in [0.2, 0.25) is 5.02 Å². The lowest BCUT2D eigenvalue weighted by Crippen LogP contribution is -2.49. The second-order valence-electron chi connectivity index (χ2n) is 9.91. The quantitative estimate of drug-likeness (QED) is 0.755. The summed E-state index contributed by atoms with van der Waals surface area (Å²) in [4.78, 5) is 25.4. The molecule has 1 saturated heterocycles. The standard InChI is InChI=1S/C25H28ClFN4O/c26-22-19(27)2-1-3-21(22)31-12-10-30(11-13-31)17-5-4-16(14-17)23-28-20-6-7-25(8-9-25)15-18(20)24(32)29-23/h1-3,14,17H,4-13,15H2,(H,28,29,32)/t17-/m1/s1. The Kier molecular flexibility index (Phi) is 4.92. The van der Waals surface area contributed by atoms with Crippen molar-refractivity contribution < 1.29 is 4.39 Å². The van der Waals surface area contributed by atoms with E-state index in [4.69, 9.17) is 16.6 Å². The fraction of sp³-hybridized carbons (Fsp3) is 0.520. The van der Waals surface area contributed by atoms with Gasteiger partial charge in [-0.05, 0) is 68.1 Å². The smallest absolute Gasteiger partial charge is 0.254 e. The first-order valence-corrected chi connectivity index (χ1v) is 12.2. The highest BCUT2D eigenvalue weighted by Crippen LogP contribution is 2.53. The molecule has 1 atom stereocenters. The van der Waals surface area contributed by atoms with Gasteiger partial charge in [0.05, 0.1) is 16.4 Å². The number of nitrogens with zero attached hydrogens (tertiary/aromatic N) is 3. The fourth-order valence-electron chi connectivity index (χ4n) is 5.75. The van der Waals surface area contributed by atoms with Crippen LogP contribution in [0.25, 0.3) is 5.57 Å². The number of nitrogens with one attached hydrogen (secondary N) is 1. The predicted molar refractivity (Wildman–Crippen MR) is 125 cm³/mol. The van der Waals surface area contributed by atoms with E-state index < -0.39 is 0 Å². The number of hydrogen-bond acceptors (Lipinski definition) is 4. The van der Waals surface area contributed by atoms with E-state index in [1.807, 2.05) is 6.07 Å². The molecule has 2 fully saturated rings. The Labute approximate surface area is 192 Å². The maximum absolute atomic E-state index is 13.8. The van der Waals surface area contributed by atoms with Gasteiger partial charge in [0.15, 0.2) is 0 Å². The molecule has 5 nitrogen and oxygen atoms in total. The average molecular weight is 455 g/mol. The second-order valence-corrected chi connectivity index (χ2v) is 10.3. The maximum Gasteiger partial charge on any atom is 0.254 e. The first kappa shape index (κ1) is 20.4. The molecule has 2 heterocycles. The third-order valence-electron chi connectivity index (χ3n) is 7.96. The number of piperazine rings is 1. The van der Waals surface area contributed by atoms with Crippen molar-refractivity contribution in [2.45, 2.75) is 51.0 Å². The zero-order chi connectivity index (χ0) is 21.9. The topological polar surface area (TPSA) is 52.2 Å². The molecule has 0 radical (unpaired) electrons. The van der Waals surface area contributed by atoms with E-state index in [0.29, 0.717) is 11.5 Å². The second kappa shape index (κ2) is 7.70. The maximum atomic E-state index is 13.8. The zero-order valence-electron chi connectivity index (χ0n) is 18.2. The van der Waals surface area contributed by atoms with Gasteiger partial charge in [-0.1, -0.05) is 23.7 Å². The van der Waals surface area contributed by atoms with Crippen molar-refractivity contribution in [3.8, 4) is 0 Å². The third-order valence-corrected chi connectivity index (χ3v) is 8.34. The monoisotopic (exact) mass is 454 g/mol. The van der Waals surface area contributed by atoms with E-state index in [9.17, 15) is 9.18 Å². The lowest BCUT2D eigenvalue weighted by atomic mass is 9.84. The lowest BCUT2D eigenvalue weighted by Gasteiger charge is -2.39. The van der Waals surface area contributed by atoms with Crippen molar-refractivity contribution in [2.75, 3.05) is 31.1 Å². The van der Waals surface area contributed by atoms with E-state index in [0.717, 1.165) is 80.2 Å². The number of allylic oxidation sites excluding steroid dienone is 1. The summed E-state index contributed by atoms with van der Waals surface area (Å²) in [6, 6.07) is 5.35. The van der Waals surface area contributed by atoms with Crippen molar-refractivity contribution in [3.05, 3.63) is 62.6 Å². The number of benzene rings is 1. The molecule has 4 aliphatic rings. The first-order chi connectivity index (χ1) is 15.5. The molecule has 1 aliphatic heterocycles. The Morgan fingerprint density at radius 2 is 1.94 bits per heavy atom. The van der Waals surface area contributed by atoms with Crippen LogP contribution in [0.3, 0.4) is 0 Å². The molecular formula is C25H28ClFN4O. The SMILES string of the molecule is O=c1[nH]c(C2=C[C@H](N3CCN(c4cccc(F)c4Cl)CC3)CC2)nc2c1CC1(CC2)CC1. The van der Waals surface area contributed by atoms with Crippen LogP contribution < -0.4 is 10.5 Å². The van der Waals surface area contributed by atoms with Crippen LogP contribution in [0.1, 0.15) is 49.2 Å². The largest absolute Gasteiger partial charge is 0.368 e. The highest BCUT2D eigenvalue weighted by Gasteiger charge is 2.45. The molecule has 1 N–H and O–H groups in total. The molecule has 3 aliphatic carbocycles. The highest BCUT2D eigenvalue weighted by atomic mass is 35.5. The van der Waals surface area contributed by atoms with Crippen molar-refractivity contribution in [1.29, 1.82) is 0 Å². The Hall–Kier alpha value is -2.18. The van der Waals surface area contributed by atoms with Crippen molar-refractivity contribution in [2.24, 2.45) is 5.41 Å². The summed E-state index contributed by atoms with van der Waals surface area (Å²) < 4.78 is 13.8. The number of aryl methyl sites for hydroxylation is 1. The summed E-state index contributed by atoms with van der Waals surface area (Å²) in [5, 5.41) is 0.207. The van der Waals surface area contributed by atoms with Crippen LogP contribution in [0, 0.1) is 11.2 Å². The van der Waals surface area contributed by atoms with Crippen molar-refractivity contribution in [3.63, 3.8) is 0 Å².